The highest BCUT2D eigenvalue weighted by molar-refractivity contribution is 5.84. The Labute approximate surface area is 245 Å². The van der Waals surface area contributed by atoms with E-state index in [1.807, 2.05) is 57.4 Å². The summed E-state index contributed by atoms with van der Waals surface area (Å²) in [7, 11) is 0. The number of ether oxygens (including phenoxy) is 2. The van der Waals surface area contributed by atoms with Crippen molar-refractivity contribution in [3.63, 3.8) is 0 Å². The van der Waals surface area contributed by atoms with Gasteiger partial charge < -0.3 is 29.6 Å². The number of piperazine rings is 1. The van der Waals surface area contributed by atoms with Crippen LogP contribution in [0.3, 0.4) is 0 Å². The van der Waals surface area contributed by atoms with E-state index in [0.29, 0.717) is 19.0 Å². The summed E-state index contributed by atoms with van der Waals surface area (Å²) in [5, 5.41) is 3.33. The molecule has 1 amide bonds. The first-order chi connectivity index (χ1) is 20.3. The fourth-order valence-corrected chi connectivity index (χ4v) is 5.25. The van der Waals surface area contributed by atoms with Crippen molar-refractivity contribution in [2.24, 2.45) is 0 Å². The van der Waals surface area contributed by atoms with Gasteiger partial charge in [0.2, 0.25) is 5.95 Å². The molecule has 2 saturated heterocycles. The number of amides is 1. The molecule has 2 aliphatic rings. The Morgan fingerprint density at radius 2 is 1.71 bits per heavy atom. The molecular weight excluding hydrogens is 532 g/mol. The monoisotopic (exact) mass is 570 g/mol. The molecule has 220 valence electrons. The standard InChI is InChI=1S/C31H38N8O3/c1-31(2,3)42-30(40)39-12-10-37(11-13-39)21-22-6-8-32-27(18-22)36-29-34-25-5-4-23(19-26(25)35-29)24-7-9-33-28(20-24)38-14-16-41-17-15-38/h4-9,18-20H,10-17,21H2,1-3H3,(H2,32,34,35,36). The van der Waals surface area contributed by atoms with Crippen LogP contribution in [-0.2, 0) is 16.0 Å². The van der Waals surface area contributed by atoms with Crippen LogP contribution in [0.15, 0.2) is 54.9 Å². The minimum absolute atomic E-state index is 0.242. The van der Waals surface area contributed by atoms with Crippen LogP contribution in [0.5, 0.6) is 0 Å². The number of benzene rings is 1. The van der Waals surface area contributed by atoms with Crippen LogP contribution in [0.1, 0.15) is 26.3 Å². The van der Waals surface area contributed by atoms with E-state index in [1.54, 1.807) is 4.90 Å². The van der Waals surface area contributed by atoms with E-state index in [4.69, 9.17) is 14.5 Å². The van der Waals surface area contributed by atoms with E-state index in [1.165, 1.54) is 0 Å². The summed E-state index contributed by atoms with van der Waals surface area (Å²) >= 11 is 0. The first-order valence-electron chi connectivity index (χ1n) is 14.5. The van der Waals surface area contributed by atoms with Gasteiger partial charge in [-0.15, -0.1) is 0 Å². The number of morpholine rings is 1. The Kier molecular flexibility index (Phi) is 7.94. The van der Waals surface area contributed by atoms with E-state index >= 15 is 0 Å². The van der Waals surface area contributed by atoms with Gasteiger partial charge in [0.05, 0.1) is 24.2 Å². The molecule has 3 aromatic heterocycles. The molecule has 1 aromatic carbocycles. The fourth-order valence-electron chi connectivity index (χ4n) is 5.25. The van der Waals surface area contributed by atoms with Crippen LogP contribution in [0, 0.1) is 0 Å². The van der Waals surface area contributed by atoms with Gasteiger partial charge in [0.1, 0.15) is 17.2 Å². The fraction of sp³-hybridized carbons (Fsp3) is 0.419. The number of H-pyrrole nitrogens is 1. The SMILES string of the molecule is CC(C)(C)OC(=O)N1CCN(Cc2ccnc(Nc3nc4ccc(-c5ccnc(N6CCOCC6)c5)cc4[nH]3)c2)CC1. The number of fused-ring (bicyclic) bond motifs is 1. The molecule has 0 radical (unpaired) electrons. The number of hydrogen-bond acceptors (Lipinski definition) is 9. The van der Waals surface area contributed by atoms with Crippen molar-refractivity contribution < 1.29 is 14.3 Å². The van der Waals surface area contributed by atoms with Crippen LogP contribution in [-0.4, -0.2) is 93.9 Å². The van der Waals surface area contributed by atoms with Crippen molar-refractivity contribution in [1.82, 2.24) is 29.7 Å². The number of imidazole rings is 1. The number of anilines is 3. The van der Waals surface area contributed by atoms with Gasteiger partial charge in [0.15, 0.2) is 0 Å². The van der Waals surface area contributed by atoms with Crippen molar-refractivity contribution in [3.05, 3.63) is 60.4 Å². The van der Waals surface area contributed by atoms with Crippen molar-refractivity contribution in [1.29, 1.82) is 0 Å². The molecule has 5 heterocycles. The molecule has 0 atom stereocenters. The van der Waals surface area contributed by atoms with E-state index in [2.05, 4.69) is 48.3 Å². The molecule has 2 fully saturated rings. The molecule has 0 unspecified atom stereocenters. The predicted molar refractivity (Wildman–Crippen MR) is 163 cm³/mol. The van der Waals surface area contributed by atoms with Gasteiger partial charge in [-0.3, -0.25) is 4.90 Å². The molecule has 6 rings (SSSR count). The van der Waals surface area contributed by atoms with Gasteiger partial charge in [-0.1, -0.05) is 6.07 Å². The average Bonchev–Trinajstić information content (AvgIpc) is 3.39. The van der Waals surface area contributed by atoms with Gasteiger partial charge in [0.25, 0.3) is 0 Å². The number of aromatic amines is 1. The molecule has 0 bridgehead atoms. The Morgan fingerprint density at radius 3 is 2.50 bits per heavy atom. The van der Waals surface area contributed by atoms with Crippen LogP contribution < -0.4 is 10.2 Å². The largest absolute Gasteiger partial charge is 0.444 e. The Bertz CT molecular complexity index is 1530. The number of carbonyl (C=O) groups excluding carboxylic acids is 1. The molecule has 2 N–H and O–H groups in total. The number of hydrogen-bond donors (Lipinski definition) is 2. The van der Waals surface area contributed by atoms with Crippen molar-refractivity contribution in [3.8, 4) is 11.1 Å². The second-order valence-electron chi connectivity index (χ2n) is 11.7. The lowest BCUT2D eigenvalue weighted by atomic mass is 10.1. The van der Waals surface area contributed by atoms with Crippen molar-refractivity contribution in [2.75, 3.05) is 62.7 Å². The molecule has 0 spiro atoms. The number of pyridine rings is 2. The number of nitrogens with zero attached hydrogens (tertiary/aromatic N) is 6. The number of nitrogens with one attached hydrogen (secondary N) is 2. The molecule has 4 aromatic rings. The average molecular weight is 571 g/mol. The lowest BCUT2D eigenvalue weighted by molar-refractivity contribution is 0.0139. The van der Waals surface area contributed by atoms with Crippen LogP contribution >= 0.6 is 0 Å². The maximum absolute atomic E-state index is 12.4. The first kappa shape index (κ1) is 27.9. The highest BCUT2D eigenvalue weighted by Gasteiger charge is 2.26. The Balaban J connectivity index is 1.09. The van der Waals surface area contributed by atoms with Crippen LogP contribution in [0.2, 0.25) is 0 Å². The maximum atomic E-state index is 12.4. The summed E-state index contributed by atoms with van der Waals surface area (Å²) in [5.41, 5.74) is 4.69. The maximum Gasteiger partial charge on any atom is 0.410 e. The Morgan fingerprint density at radius 1 is 0.952 bits per heavy atom. The normalized spacial score (nSPS) is 16.5. The topological polar surface area (TPSA) is 112 Å². The summed E-state index contributed by atoms with van der Waals surface area (Å²) in [5.74, 6) is 2.34. The summed E-state index contributed by atoms with van der Waals surface area (Å²) in [4.78, 5) is 36.0. The predicted octanol–water partition coefficient (Wildman–Crippen LogP) is 4.65. The highest BCUT2D eigenvalue weighted by Crippen LogP contribution is 2.27. The summed E-state index contributed by atoms with van der Waals surface area (Å²) in [6.07, 6.45) is 3.43. The molecule has 11 nitrogen and oxygen atoms in total. The third kappa shape index (κ3) is 6.80. The zero-order chi connectivity index (χ0) is 29.1. The van der Waals surface area contributed by atoms with Crippen molar-refractivity contribution >= 4 is 34.7 Å². The number of aromatic nitrogens is 4. The summed E-state index contributed by atoms with van der Waals surface area (Å²) in [6.45, 7) is 12.5. The summed E-state index contributed by atoms with van der Waals surface area (Å²) in [6, 6.07) is 14.5. The second kappa shape index (κ2) is 11.9. The van der Waals surface area contributed by atoms with Gasteiger partial charge in [-0.2, -0.15) is 0 Å². The van der Waals surface area contributed by atoms with E-state index in [-0.39, 0.29) is 6.09 Å². The molecule has 0 aliphatic carbocycles. The molecular formula is C31H38N8O3. The molecule has 2 aliphatic heterocycles. The van der Waals surface area contributed by atoms with Gasteiger partial charge in [0, 0.05) is 58.2 Å². The van der Waals surface area contributed by atoms with E-state index in [9.17, 15) is 4.79 Å². The third-order valence-corrected chi connectivity index (χ3v) is 7.40. The summed E-state index contributed by atoms with van der Waals surface area (Å²) < 4.78 is 11.0. The minimum Gasteiger partial charge on any atom is -0.444 e. The zero-order valence-electron chi connectivity index (χ0n) is 24.5. The second-order valence-corrected chi connectivity index (χ2v) is 11.7. The lowest BCUT2D eigenvalue weighted by Crippen LogP contribution is -2.49. The number of rotatable bonds is 6. The zero-order valence-corrected chi connectivity index (χ0v) is 24.5. The van der Waals surface area contributed by atoms with Crippen LogP contribution in [0.25, 0.3) is 22.2 Å². The molecule has 11 heteroatoms. The highest BCUT2D eigenvalue weighted by atomic mass is 16.6. The van der Waals surface area contributed by atoms with Crippen LogP contribution in [0.4, 0.5) is 22.4 Å². The quantitative estimate of drug-likeness (QED) is 0.342. The first-order valence-corrected chi connectivity index (χ1v) is 14.5. The number of carbonyl (C=O) groups is 1. The minimum atomic E-state index is -0.483. The third-order valence-electron chi connectivity index (χ3n) is 7.40. The van der Waals surface area contributed by atoms with Gasteiger partial charge in [-0.25, -0.2) is 19.7 Å². The lowest BCUT2D eigenvalue weighted by Gasteiger charge is -2.35. The molecule has 42 heavy (non-hydrogen) atoms. The molecule has 0 saturated carbocycles. The Hall–Kier alpha value is -4.22. The smallest absolute Gasteiger partial charge is 0.410 e. The van der Waals surface area contributed by atoms with Crippen molar-refractivity contribution in [2.45, 2.75) is 32.9 Å². The van der Waals surface area contributed by atoms with Gasteiger partial charge >= 0.3 is 6.09 Å². The van der Waals surface area contributed by atoms with E-state index < -0.39 is 5.60 Å². The van der Waals surface area contributed by atoms with E-state index in [0.717, 1.165) is 85.3 Å². The van der Waals surface area contributed by atoms with Gasteiger partial charge in [-0.05, 0) is 73.9 Å².